The number of piperidine rings is 2. The molecule has 0 radical (unpaired) electrons. The highest BCUT2D eigenvalue weighted by atomic mass is 32.2. The van der Waals surface area contributed by atoms with Crippen molar-refractivity contribution >= 4 is 11.4 Å². The van der Waals surface area contributed by atoms with Crippen molar-refractivity contribution in [3.05, 3.63) is 59.7 Å². The van der Waals surface area contributed by atoms with Crippen molar-refractivity contribution < 1.29 is 13.3 Å². The summed E-state index contributed by atoms with van der Waals surface area (Å²) in [7, 11) is 0. The van der Waals surface area contributed by atoms with Crippen molar-refractivity contribution in [2.75, 3.05) is 6.26 Å². The number of benzene rings is 2. The number of fused-ring (bicyclic) bond motifs is 2. The van der Waals surface area contributed by atoms with Crippen molar-refractivity contribution in [3.8, 4) is 11.1 Å². The van der Waals surface area contributed by atoms with Crippen LogP contribution in [0.1, 0.15) is 18.4 Å². The molecule has 5 rings (SSSR count). The molecule has 138 valence electrons. The van der Waals surface area contributed by atoms with Crippen molar-refractivity contribution in [1.29, 1.82) is 0 Å². The zero-order valence-electron chi connectivity index (χ0n) is 14.5. The Morgan fingerprint density at radius 3 is 2.62 bits per heavy atom. The summed E-state index contributed by atoms with van der Waals surface area (Å²) in [5, 5.41) is 3.51. The smallest absolute Gasteiger partial charge is 0.134 e. The zero-order valence-corrected chi connectivity index (χ0v) is 15.4. The van der Waals surface area contributed by atoms with Gasteiger partial charge >= 0.3 is 0 Å². The molecule has 1 saturated carbocycles. The van der Waals surface area contributed by atoms with Gasteiger partial charge in [-0.3, -0.25) is 0 Å². The van der Waals surface area contributed by atoms with Crippen LogP contribution < -0.4 is 10.0 Å². The fourth-order valence-electron chi connectivity index (χ4n) is 4.24. The van der Waals surface area contributed by atoms with Crippen LogP contribution in [0.3, 0.4) is 0 Å². The predicted octanol–water partition coefficient (Wildman–Crippen LogP) is 3.18. The average molecular weight is 376 g/mol. The van der Waals surface area contributed by atoms with Gasteiger partial charge in [0.05, 0.1) is 6.04 Å². The third-order valence-electron chi connectivity index (χ3n) is 5.51. The molecule has 26 heavy (non-hydrogen) atoms. The first kappa shape index (κ1) is 17.9. The van der Waals surface area contributed by atoms with E-state index in [9.17, 15) is 8.94 Å². The molecule has 3 nitrogen and oxygen atoms in total. The van der Waals surface area contributed by atoms with Gasteiger partial charge in [-0.15, -0.1) is 4.72 Å². The predicted molar refractivity (Wildman–Crippen MR) is 99.9 cm³/mol. The summed E-state index contributed by atoms with van der Waals surface area (Å²) < 4.78 is 44.1. The Kier molecular flexibility index (Phi) is 5.01. The van der Waals surface area contributed by atoms with Crippen molar-refractivity contribution in [1.82, 2.24) is 10.0 Å². The molecule has 2 N–H and O–H groups in total. The van der Waals surface area contributed by atoms with Gasteiger partial charge in [-0.1, -0.05) is 30.3 Å². The molecule has 3 fully saturated rings. The molecule has 3 aliphatic rings. The summed E-state index contributed by atoms with van der Waals surface area (Å²) in [6.45, 7) is 0. The number of rotatable bonds is 5. The maximum atomic E-state index is 15.1. The summed E-state index contributed by atoms with van der Waals surface area (Å²) >= 11 is -1.14. The third-order valence-corrected chi connectivity index (χ3v) is 6.11. The Morgan fingerprint density at radius 1 is 1.19 bits per heavy atom. The fraction of sp³-hybridized carbons (Fsp3) is 0.400. The summed E-state index contributed by atoms with van der Waals surface area (Å²) in [5.41, 5.74) is 1.30. The van der Waals surface area contributed by atoms with E-state index in [1.807, 2.05) is 18.2 Å². The van der Waals surface area contributed by atoms with Gasteiger partial charge in [0.1, 0.15) is 17.9 Å². The molecule has 1 unspecified atom stereocenters. The second-order valence-corrected chi connectivity index (χ2v) is 8.44. The summed E-state index contributed by atoms with van der Waals surface area (Å²) in [6.07, 6.45) is 4.07. The minimum Gasteiger partial charge on any atom is -0.598 e. The molecule has 2 heterocycles. The quantitative estimate of drug-likeness (QED) is 0.788. The minimum atomic E-state index is -1.14. The lowest BCUT2D eigenvalue weighted by molar-refractivity contribution is 0.0809. The molecule has 2 aliphatic heterocycles. The Labute approximate surface area is 155 Å². The van der Waals surface area contributed by atoms with Crippen LogP contribution in [0.5, 0.6) is 0 Å². The van der Waals surface area contributed by atoms with E-state index in [1.54, 1.807) is 18.4 Å². The molecule has 0 spiro atoms. The van der Waals surface area contributed by atoms with Gasteiger partial charge in [0.2, 0.25) is 0 Å². The highest BCUT2D eigenvalue weighted by molar-refractivity contribution is 7.88. The monoisotopic (exact) mass is 376 g/mol. The van der Waals surface area contributed by atoms with Crippen LogP contribution in [0.2, 0.25) is 0 Å². The van der Waals surface area contributed by atoms with E-state index < -0.39 is 17.2 Å². The van der Waals surface area contributed by atoms with E-state index in [1.165, 1.54) is 12.1 Å². The van der Waals surface area contributed by atoms with Crippen molar-refractivity contribution in [2.24, 2.45) is 5.92 Å². The van der Waals surface area contributed by atoms with Gasteiger partial charge in [-0.05, 0) is 48.4 Å². The van der Waals surface area contributed by atoms with E-state index in [-0.39, 0.29) is 23.5 Å². The van der Waals surface area contributed by atoms with Gasteiger partial charge in [0, 0.05) is 29.0 Å². The standard InChI is InChI=1S/C20H22F2N2OS/c1-26(25)24-20-14-8-16(9-14)23-18(20)10-13-7-15(21)11-17(19(13)22)12-5-3-2-4-6-12/h2-7,11,14,16,18,20,23-24H,8-10H2,1H3/t14?,16?,18-,20-,26?/m0/s1. The molecule has 1 aliphatic carbocycles. The fourth-order valence-corrected chi connectivity index (χ4v) is 4.98. The zero-order chi connectivity index (χ0) is 18.3. The van der Waals surface area contributed by atoms with Gasteiger partial charge in [-0.2, -0.15) is 0 Å². The van der Waals surface area contributed by atoms with Crippen LogP contribution in [0, 0.1) is 17.6 Å². The van der Waals surface area contributed by atoms with E-state index in [0.717, 1.165) is 12.8 Å². The normalized spacial score (nSPS) is 28.5. The largest absolute Gasteiger partial charge is 0.598 e. The molecule has 2 saturated heterocycles. The minimum absolute atomic E-state index is 0.00803. The highest BCUT2D eigenvalue weighted by Crippen LogP contribution is 2.38. The second-order valence-electron chi connectivity index (χ2n) is 7.30. The van der Waals surface area contributed by atoms with Crippen LogP contribution in [0.15, 0.2) is 42.5 Å². The lowest BCUT2D eigenvalue weighted by atomic mass is 9.68. The highest BCUT2D eigenvalue weighted by Gasteiger charge is 2.47. The van der Waals surface area contributed by atoms with Gasteiger partial charge in [0.25, 0.3) is 0 Å². The van der Waals surface area contributed by atoms with Crippen molar-refractivity contribution in [2.45, 2.75) is 37.4 Å². The molecule has 2 aromatic carbocycles. The van der Waals surface area contributed by atoms with Crippen LogP contribution in [0.4, 0.5) is 8.78 Å². The van der Waals surface area contributed by atoms with E-state index in [2.05, 4.69) is 10.0 Å². The van der Waals surface area contributed by atoms with E-state index >= 15 is 4.39 Å². The Bertz CT molecular complexity index is 781. The summed E-state index contributed by atoms with van der Waals surface area (Å²) in [5.74, 6) is -0.375. The summed E-state index contributed by atoms with van der Waals surface area (Å²) in [6, 6.07) is 11.9. The molecule has 6 heteroatoms. The topological polar surface area (TPSA) is 47.1 Å². The van der Waals surface area contributed by atoms with E-state index in [0.29, 0.717) is 29.5 Å². The average Bonchev–Trinajstić information content (AvgIpc) is 2.58. The number of hydrogen-bond donors (Lipinski definition) is 2. The lowest BCUT2D eigenvalue weighted by Gasteiger charge is -2.51. The summed E-state index contributed by atoms with van der Waals surface area (Å²) in [4.78, 5) is 0. The van der Waals surface area contributed by atoms with Gasteiger partial charge < -0.3 is 9.87 Å². The Morgan fingerprint density at radius 2 is 1.92 bits per heavy atom. The first-order valence-corrected chi connectivity index (χ1v) is 10.5. The van der Waals surface area contributed by atoms with Gasteiger partial charge in [-0.25, -0.2) is 8.78 Å². The first-order valence-electron chi connectivity index (χ1n) is 8.90. The Balaban J connectivity index is 1.62. The second kappa shape index (κ2) is 7.27. The SMILES string of the molecule is C[S+]([O-])N[C@H]1C2CC(C2)N[C@H]1Cc1cc(F)cc(-c2ccccc2)c1F. The number of hydrogen-bond acceptors (Lipinski definition) is 3. The molecule has 0 aromatic heterocycles. The van der Waals surface area contributed by atoms with Crippen LogP contribution >= 0.6 is 0 Å². The molecule has 3 atom stereocenters. The van der Waals surface area contributed by atoms with Crippen LogP contribution in [-0.2, 0) is 17.8 Å². The van der Waals surface area contributed by atoms with Crippen LogP contribution in [-0.4, -0.2) is 28.9 Å². The molecular formula is C20H22F2N2OS. The third kappa shape index (κ3) is 3.51. The van der Waals surface area contributed by atoms with Gasteiger partial charge in [0.15, 0.2) is 0 Å². The Hall–Kier alpha value is -1.47. The molecular weight excluding hydrogens is 354 g/mol. The number of nitrogens with one attached hydrogen (secondary N) is 2. The van der Waals surface area contributed by atoms with Crippen LogP contribution in [0.25, 0.3) is 11.1 Å². The maximum absolute atomic E-state index is 15.1. The molecule has 2 bridgehead atoms. The molecule has 2 aromatic rings. The van der Waals surface area contributed by atoms with Crippen molar-refractivity contribution in [3.63, 3.8) is 0 Å². The lowest BCUT2D eigenvalue weighted by Crippen LogP contribution is -2.67. The first-order chi connectivity index (χ1) is 12.5. The maximum Gasteiger partial charge on any atom is 0.134 e. The number of halogens is 2. The molecule has 0 amide bonds. The van der Waals surface area contributed by atoms with E-state index in [4.69, 9.17) is 0 Å².